The topological polar surface area (TPSA) is 40.5 Å². The Morgan fingerprint density at radius 1 is 1.46 bits per heavy atom. The molecule has 0 aromatic heterocycles. The highest BCUT2D eigenvalue weighted by Gasteiger charge is 2.28. The normalized spacial score (nSPS) is 12.1. The first kappa shape index (κ1) is 12.2. The van der Waals surface area contributed by atoms with Gasteiger partial charge in [0, 0.05) is 6.42 Å². The summed E-state index contributed by atoms with van der Waals surface area (Å²) in [6, 6.07) is 0. The molecule has 0 spiro atoms. The second-order valence-electron chi connectivity index (χ2n) is 2.85. The van der Waals surface area contributed by atoms with E-state index >= 15 is 0 Å². The lowest BCUT2D eigenvalue weighted by atomic mass is 10.3. The largest absolute Gasteiger partial charge is 0.481 e. The molecule has 0 fully saturated rings. The number of aliphatic carboxylic acids is 1. The number of carboxylic acid groups (broad SMARTS) is 1. The maximum Gasteiger partial charge on any atom is 0.401 e. The fourth-order valence-corrected chi connectivity index (χ4v) is 0.885. The van der Waals surface area contributed by atoms with Crippen LogP contribution in [-0.4, -0.2) is 42.3 Å². The Labute approximate surface area is 74.1 Å². The Bertz CT molecular complexity index is 170. The summed E-state index contributed by atoms with van der Waals surface area (Å²) < 4.78 is 35.2. The highest BCUT2D eigenvalue weighted by molar-refractivity contribution is 5.66. The van der Waals surface area contributed by atoms with Gasteiger partial charge in [-0.2, -0.15) is 13.2 Å². The van der Waals surface area contributed by atoms with Crippen molar-refractivity contribution in [3.8, 4) is 0 Å². The van der Waals surface area contributed by atoms with E-state index < -0.39 is 18.7 Å². The van der Waals surface area contributed by atoms with Crippen LogP contribution in [0.3, 0.4) is 0 Å². The smallest absolute Gasteiger partial charge is 0.401 e. The third-order valence-electron chi connectivity index (χ3n) is 1.38. The van der Waals surface area contributed by atoms with Gasteiger partial charge >= 0.3 is 12.1 Å². The molecule has 0 saturated carbocycles. The minimum Gasteiger partial charge on any atom is -0.481 e. The van der Waals surface area contributed by atoms with Crippen LogP contribution in [0.2, 0.25) is 0 Å². The summed E-state index contributed by atoms with van der Waals surface area (Å²) in [5, 5.41) is 8.22. The molecule has 1 N–H and O–H groups in total. The van der Waals surface area contributed by atoms with E-state index in [1.165, 1.54) is 7.05 Å². The van der Waals surface area contributed by atoms with Crippen LogP contribution in [0, 0.1) is 0 Å². The van der Waals surface area contributed by atoms with Crippen molar-refractivity contribution in [2.24, 2.45) is 0 Å². The average molecular weight is 199 g/mol. The van der Waals surface area contributed by atoms with Gasteiger partial charge in [0.05, 0.1) is 6.54 Å². The summed E-state index contributed by atoms with van der Waals surface area (Å²) in [5.74, 6) is -0.986. The molecule has 13 heavy (non-hydrogen) atoms. The third-order valence-corrected chi connectivity index (χ3v) is 1.38. The van der Waals surface area contributed by atoms with E-state index in [1.54, 1.807) is 0 Å². The van der Waals surface area contributed by atoms with Crippen LogP contribution in [-0.2, 0) is 4.79 Å². The molecule has 78 valence electrons. The average Bonchev–Trinajstić information content (AvgIpc) is 1.81. The van der Waals surface area contributed by atoms with E-state index in [4.69, 9.17) is 5.11 Å². The molecule has 0 amide bonds. The van der Waals surface area contributed by atoms with E-state index in [9.17, 15) is 18.0 Å². The first-order valence-electron chi connectivity index (χ1n) is 3.78. The first-order valence-corrected chi connectivity index (χ1v) is 3.78. The monoisotopic (exact) mass is 199 g/mol. The number of carboxylic acids is 1. The highest BCUT2D eigenvalue weighted by atomic mass is 19.4. The summed E-state index contributed by atoms with van der Waals surface area (Å²) in [6.45, 7) is -0.849. The lowest BCUT2D eigenvalue weighted by Gasteiger charge is -2.17. The molecule has 0 aliphatic carbocycles. The molecular formula is C7H12F3NO2. The number of carbonyl (C=O) groups is 1. The van der Waals surface area contributed by atoms with Crippen molar-refractivity contribution in [3.63, 3.8) is 0 Å². The van der Waals surface area contributed by atoms with Crippen LogP contribution in [0.15, 0.2) is 0 Å². The van der Waals surface area contributed by atoms with Crippen molar-refractivity contribution >= 4 is 5.97 Å². The Balaban J connectivity index is 3.52. The van der Waals surface area contributed by atoms with Gasteiger partial charge in [0.2, 0.25) is 0 Å². The van der Waals surface area contributed by atoms with Gasteiger partial charge in [-0.25, -0.2) is 0 Å². The predicted octanol–water partition coefficient (Wildman–Crippen LogP) is 1.35. The Morgan fingerprint density at radius 2 is 2.00 bits per heavy atom. The number of nitrogens with zero attached hydrogens (tertiary/aromatic N) is 1. The Morgan fingerprint density at radius 3 is 2.38 bits per heavy atom. The van der Waals surface area contributed by atoms with Gasteiger partial charge < -0.3 is 5.11 Å². The van der Waals surface area contributed by atoms with Gasteiger partial charge in [0.1, 0.15) is 0 Å². The van der Waals surface area contributed by atoms with Crippen LogP contribution < -0.4 is 0 Å². The summed E-state index contributed by atoms with van der Waals surface area (Å²) in [5.41, 5.74) is 0. The molecule has 0 unspecified atom stereocenters. The van der Waals surface area contributed by atoms with E-state index in [-0.39, 0.29) is 19.4 Å². The molecule has 0 saturated heterocycles. The molecule has 0 aromatic carbocycles. The summed E-state index contributed by atoms with van der Waals surface area (Å²) in [4.78, 5) is 11.1. The van der Waals surface area contributed by atoms with Crippen molar-refractivity contribution in [2.75, 3.05) is 20.1 Å². The lowest BCUT2D eigenvalue weighted by molar-refractivity contribution is -0.143. The van der Waals surface area contributed by atoms with Gasteiger partial charge in [-0.05, 0) is 20.0 Å². The minimum atomic E-state index is -4.21. The summed E-state index contributed by atoms with van der Waals surface area (Å²) in [7, 11) is 1.31. The maximum absolute atomic E-state index is 11.7. The maximum atomic E-state index is 11.7. The van der Waals surface area contributed by atoms with Crippen LogP contribution in [0.1, 0.15) is 12.8 Å². The molecule has 0 rings (SSSR count). The molecule has 0 aliphatic rings. The molecule has 6 heteroatoms. The zero-order valence-electron chi connectivity index (χ0n) is 7.26. The molecule has 0 atom stereocenters. The van der Waals surface area contributed by atoms with Crippen LogP contribution >= 0.6 is 0 Å². The van der Waals surface area contributed by atoms with Crippen LogP contribution in [0.5, 0.6) is 0 Å². The number of hydrogen-bond donors (Lipinski definition) is 1. The Kier molecular flexibility index (Phi) is 4.76. The van der Waals surface area contributed by atoms with Crippen molar-refractivity contribution < 1.29 is 23.1 Å². The zero-order chi connectivity index (χ0) is 10.5. The fourth-order valence-electron chi connectivity index (χ4n) is 0.885. The third kappa shape index (κ3) is 9.13. The molecule has 3 nitrogen and oxygen atoms in total. The molecule has 0 aliphatic heterocycles. The standard InChI is InChI=1S/C7H12F3NO2/c1-11(5-7(8,9)10)4-2-3-6(12)13/h2-5H2,1H3,(H,12,13). The molecule has 0 radical (unpaired) electrons. The molecular weight excluding hydrogens is 187 g/mol. The molecule has 0 heterocycles. The van der Waals surface area contributed by atoms with Gasteiger partial charge in [-0.15, -0.1) is 0 Å². The van der Waals surface area contributed by atoms with E-state index in [0.29, 0.717) is 0 Å². The molecule has 0 aromatic rings. The SMILES string of the molecule is CN(CCCC(=O)O)CC(F)(F)F. The predicted molar refractivity (Wildman–Crippen MR) is 40.4 cm³/mol. The lowest BCUT2D eigenvalue weighted by Crippen LogP contribution is -2.31. The van der Waals surface area contributed by atoms with Crippen molar-refractivity contribution in [1.29, 1.82) is 0 Å². The van der Waals surface area contributed by atoms with Crippen molar-refractivity contribution in [1.82, 2.24) is 4.90 Å². The first-order chi connectivity index (χ1) is 5.81. The van der Waals surface area contributed by atoms with Crippen molar-refractivity contribution in [3.05, 3.63) is 0 Å². The highest BCUT2D eigenvalue weighted by Crippen LogP contribution is 2.15. The Hall–Kier alpha value is -0.780. The second kappa shape index (κ2) is 5.06. The quantitative estimate of drug-likeness (QED) is 0.726. The van der Waals surface area contributed by atoms with Gasteiger partial charge in [0.15, 0.2) is 0 Å². The zero-order valence-corrected chi connectivity index (χ0v) is 7.26. The number of hydrogen-bond acceptors (Lipinski definition) is 2. The summed E-state index contributed by atoms with van der Waals surface area (Å²) >= 11 is 0. The summed E-state index contributed by atoms with van der Waals surface area (Å²) in [6.07, 6.45) is -4.07. The van der Waals surface area contributed by atoms with E-state index in [1.807, 2.05) is 0 Å². The van der Waals surface area contributed by atoms with Crippen molar-refractivity contribution in [2.45, 2.75) is 19.0 Å². The number of alkyl halides is 3. The van der Waals surface area contributed by atoms with E-state index in [2.05, 4.69) is 0 Å². The fraction of sp³-hybridized carbons (Fsp3) is 0.857. The van der Waals surface area contributed by atoms with Crippen LogP contribution in [0.25, 0.3) is 0 Å². The minimum absolute atomic E-state index is 0.0950. The van der Waals surface area contributed by atoms with Crippen LogP contribution in [0.4, 0.5) is 13.2 Å². The molecule has 0 bridgehead atoms. The number of halogens is 3. The van der Waals surface area contributed by atoms with Gasteiger partial charge in [-0.1, -0.05) is 0 Å². The number of rotatable bonds is 5. The van der Waals surface area contributed by atoms with Gasteiger partial charge in [-0.3, -0.25) is 9.69 Å². The van der Waals surface area contributed by atoms with Gasteiger partial charge in [0.25, 0.3) is 0 Å². The van der Waals surface area contributed by atoms with E-state index in [0.717, 1.165) is 4.90 Å². The second-order valence-corrected chi connectivity index (χ2v) is 2.85.